The van der Waals surface area contributed by atoms with Gasteiger partial charge in [-0.25, -0.2) is 13.2 Å². The van der Waals surface area contributed by atoms with E-state index in [1.54, 1.807) is 43.6 Å². The quantitative estimate of drug-likeness (QED) is 0.735. The van der Waals surface area contributed by atoms with Gasteiger partial charge in [-0.3, -0.25) is 8.87 Å². The number of hydrogen-bond acceptors (Lipinski definition) is 5. The maximum absolute atomic E-state index is 12.6. The van der Waals surface area contributed by atoms with Crippen molar-refractivity contribution in [3.63, 3.8) is 0 Å². The molecule has 6 nitrogen and oxygen atoms in total. The van der Waals surface area contributed by atoms with Crippen LogP contribution in [0.25, 0.3) is 11.1 Å². The van der Waals surface area contributed by atoms with Crippen molar-refractivity contribution in [2.75, 3.05) is 11.4 Å². The van der Waals surface area contributed by atoms with Crippen LogP contribution in [0.5, 0.6) is 0 Å². The molecule has 0 unspecified atom stereocenters. The first-order chi connectivity index (χ1) is 10.3. The van der Waals surface area contributed by atoms with E-state index in [-0.39, 0.29) is 4.21 Å². The summed E-state index contributed by atoms with van der Waals surface area (Å²) in [5.74, 6) is -0.477. The van der Waals surface area contributed by atoms with E-state index in [2.05, 4.69) is 0 Å². The molecule has 2 aromatic heterocycles. The van der Waals surface area contributed by atoms with E-state index in [9.17, 15) is 13.2 Å². The smallest absolute Gasteiger partial charge is 0.408 e. The maximum atomic E-state index is 12.6. The molecule has 0 saturated heterocycles. The summed E-state index contributed by atoms with van der Waals surface area (Å²) in [6, 6.07) is 6.58. The molecule has 0 aliphatic rings. The van der Waals surface area contributed by atoms with Crippen molar-refractivity contribution < 1.29 is 12.8 Å². The van der Waals surface area contributed by atoms with Crippen molar-refractivity contribution >= 4 is 38.1 Å². The van der Waals surface area contributed by atoms with E-state index in [4.69, 9.17) is 4.42 Å². The number of hydrogen-bond donors (Lipinski definition) is 0. The van der Waals surface area contributed by atoms with Crippen LogP contribution in [0, 0.1) is 6.92 Å². The molecule has 0 spiro atoms. The van der Waals surface area contributed by atoms with Gasteiger partial charge in [-0.05, 0) is 30.0 Å². The summed E-state index contributed by atoms with van der Waals surface area (Å²) >= 11 is 1.16. The highest BCUT2D eigenvalue weighted by Crippen LogP contribution is 2.30. The van der Waals surface area contributed by atoms with Crippen LogP contribution >= 0.6 is 11.3 Å². The Morgan fingerprint density at radius 1 is 1.32 bits per heavy atom. The third kappa shape index (κ3) is 2.15. The number of thiophene rings is 1. The Morgan fingerprint density at radius 2 is 2.05 bits per heavy atom. The van der Waals surface area contributed by atoms with E-state index in [1.807, 2.05) is 0 Å². The summed E-state index contributed by atoms with van der Waals surface area (Å²) < 4.78 is 33.2. The van der Waals surface area contributed by atoms with E-state index in [0.717, 1.165) is 16.9 Å². The molecule has 0 atom stereocenters. The van der Waals surface area contributed by atoms with Crippen LogP contribution in [-0.4, -0.2) is 20.0 Å². The summed E-state index contributed by atoms with van der Waals surface area (Å²) in [7, 11) is -0.517. The Balaban J connectivity index is 2.18. The lowest BCUT2D eigenvalue weighted by atomic mass is 10.2. The Bertz CT molecular complexity index is 998. The topological polar surface area (TPSA) is 72.5 Å². The highest BCUT2D eigenvalue weighted by atomic mass is 32.2. The lowest BCUT2D eigenvalue weighted by Crippen LogP contribution is -2.26. The first kappa shape index (κ1) is 14.9. The summed E-state index contributed by atoms with van der Waals surface area (Å²) in [6.07, 6.45) is 0. The fraction of sp³-hybridized carbons (Fsp3) is 0.214. The minimum absolute atomic E-state index is 0.268. The maximum Gasteiger partial charge on any atom is 0.419 e. The zero-order chi connectivity index (χ0) is 16.1. The van der Waals surface area contributed by atoms with Gasteiger partial charge in [0.2, 0.25) is 0 Å². The number of nitrogens with zero attached hydrogens (tertiary/aromatic N) is 2. The molecule has 116 valence electrons. The molecule has 8 heteroatoms. The van der Waals surface area contributed by atoms with E-state index in [1.165, 1.54) is 15.9 Å². The zero-order valence-electron chi connectivity index (χ0n) is 12.2. The zero-order valence-corrected chi connectivity index (χ0v) is 13.9. The minimum atomic E-state index is -3.62. The third-order valence-electron chi connectivity index (χ3n) is 3.56. The van der Waals surface area contributed by atoms with Gasteiger partial charge in [-0.2, -0.15) is 0 Å². The van der Waals surface area contributed by atoms with Crippen molar-refractivity contribution in [3.05, 3.63) is 45.8 Å². The number of anilines is 1. The summed E-state index contributed by atoms with van der Waals surface area (Å²) in [6.45, 7) is 1.80. The van der Waals surface area contributed by atoms with Crippen LogP contribution in [0.4, 0.5) is 5.69 Å². The molecule has 0 amide bonds. The second-order valence-corrected chi connectivity index (χ2v) is 8.08. The van der Waals surface area contributed by atoms with E-state index in [0.29, 0.717) is 16.8 Å². The van der Waals surface area contributed by atoms with Gasteiger partial charge < -0.3 is 4.42 Å². The van der Waals surface area contributed by atoms with Crippen molar-refractivity contribution in [2.24, 2.45) is 7.05 Å². The van der Waals surface area contributed by atoms with Gasteiger partial charge in [0.25, 0.3) is 10.0 Å². The largest absolute Gasteiger partial charge is 0.419 e. The number of fused-ring (bicyclic) bond motifs is 1. The lowest BCUT2D eigenvalue weighted by molar-refractivity contribution is 0.528. The van der Waals surface area contributed by atoms with Crippen LogP contribution in [0.15, 0.2) is 43.1 Å². The number of aryl methyl sites for hydroxylation is 2. The average molecular weight is 338 g/mol. The molecule has 0 N–H and O–H groups in total. The molecule has 3 rings (SSSR count). The molecule has 2 heterocycles. The third-order valence-corrected chi connectivity index (χ3v) is 6.70. The Kier molecular flexibility index (Phi) is 3.37. The monoisotopic (exact) mass is 338 g/mol. The second-order valence-electron chi connectivity index (χ2n) is 4.94. The Labute approximate surface area is 131 Å². The molecule has 0 fully saturated rings. The Morgan fingerprint density at radius 3 is 2.68 bits per heavy atom. The molecular weight excluding hydrogens is 324 g/mol. The van der Waals surface area contributed by atoms with Gasteiger partial charge in [-0.15, -0.1) is 11.3 Å². The first-order valence-corrected chi connectivity index (χ1v) is 8.77. The molecule has 0 radical (unpaired) electrons. The van der Waals surface area contributed by atoms with Crippen LogP contribution in [-0.2, 0) is 17.1 Å². The lowest BCUT2D eigenvalue weighted by Gasteiger charge is -2.20. The van der Waals surface area contributed by atoms with Crippen molar-refractivity contribution in [1.29, 1.82) is 0 Å². The highest BCUT2D eigenvalue weighted by Gasteiger charge is 2.24. The highest BCUT2D eigenvalue weighted by molar-refractivity contribution is 7.94. The normalized spacial score (nSPS) is 12.0. The molecule has 22 heavy (non-hydrogen) atoms. The van der Waals surface area contributed by atoms with Crippen LogP contribution < -0.4 is 10.1 Å². The number of benzene rings is 1. The van der Waals surface area contributed by atoms with Gasteiger partial charge in [0.15, 0.2) is 5.58 Å². The fourth-order valence-electron chi connectivity index (χ4n) is 2.28. The summed E-state index contributed by atoms with van der Waals surface area (Å²) in [5.41, 5.74) is 2.22. The SMILES string of the molecule is Cc1cc2c(cc1N(C)S(=O)(=O)c1cccs1)oc(=O)n2C. The first-order valence-electron chi connectivity index (χ1n) is 6.45. The fourth-order valence-corrected chi connectivity index (χ4v) is 4.69. The molecular formula is C14H14N2O4S2. The number of oxazole rings is 1. The second kappa shape index (κ2) is 4.99. The van der Waals surface area contributed by atoms with E-state index < -0.39 is 15.8 Å². The summed E-state index contributed by atoms with van der Waals surface area (Å²) in [4.78, 5) is 11.6. The molecule has 0 aliphatic heterocycles. The number of sulfonamides is 1. The van der Waals surface area contributed by atoms with Crippen LogP contribution in [0.1, 0.15) is 5.56 Å². The standard InChI is InChI=1S/C14H14N2O4S2/c1-9-7-11-12(20-14(17)15(11)2)8-10(9)16(3)22(18,19)13-5-4-6-21-13/h4-8H,1-3H3. The minimum Gasteiger partial charge on any atom is -0.408 e. The van der Waals surface area contributed by atoms with Crippen LogP contribution in [0.2, 0.25) is 0 Å². The van der Waals surface area contributed by atoms with Gasteiger partial charge in [0, 0.05) is 20.2 Å². The van der Waals surface area contributed by atoms with Gasteiger partial charge in [-0.1, -0.05) is 6.07 Å². The molecule has 1 aromatic carbocycles. The average Bonchev–Trinajstić information content (AvgIpc) is 3.09. The van der Waals surface area contributed by atoms with Crippen LogP contribution in [0.3, 0.4) is 0 Å². The molecule has 3 aromatic rings. The van der Waals surface area contributed by atoms with E-state index >= 15 is 0 Å². The van der Waals surface area contributed by atoms with Crippen molar-refractivity contribution in [2.45, 2.75) is 11.1 Å². The predicted molar refractivity (Wildman–Crippen MR) is 86.1 cm³/mol. The van der Waals surface area contributed by atoms with Crippen molar-refractivity contribution in [1.82, 2.24) is 4.57 Å². The summed E-state index contributed by atoms with van der Waals surface area (Å²) in [5, 5.41) is 1.72. The van der Waals surface area contributed by atoms with Gasteiger partial charge >= 0.3 is 5.76 Å². The predicted octanol–water partition coefficient (Wildman–Crippen LogP) is 2.33. The van der Waals surface area contributed by atoms with Gasteiger partial charge in [0.1, 0.15) is 4.21 Å². The van der Waals surface area contributed by atoms with Crippen molar-refractivity contribution in [3.8, 4) is 0 Å². The van der Waals surface area contributed by atoms with Gasteiger partial charge in [0.05, 0.1) is 11.2 Å². The molecule has 0 bridgehead atoms. The molecule has 0 aliphatic carbocycles. The molecule has 0 saturated carbocycles. The Hall–Kier alpha value is -2.06. The number of aromatic nitrogens is 1. The number of rotatable bonds is 3.